The number of rotatable bonds is 8. The average molecular weight is 437 g/mol. The summed E-state index contributed by atoms with van der Waals surface area (Å²) in [4.78, 5) is 25.5. The maximum Gasteiger partial charge on any atom is 0.240 e. The van der Waals surface area contributed by atoms with Gasteiger partial charge in [-0.05, 0) is 43.2 Å². The second-order valence-corrected chi connectivity index (χ2v) is 8.94. The molecule has 0 fully saturated rings. The summed E-state index contributed by atoms with van der Waals surface area (Å²) in [6.45, 7) is 3.52. The SMILES string of the molecule is Cc1ccc(C(=O)c2ccccc2)c(NC(=O)CCNS(=O)(=O)c2ccccc2C)c1. The lowest BCUT2D eigenvalue weighted by molar-refractivity contribution is -0.116. The molecular formula is C24H24N2O4S. The minimum atomic E-state index is -3.71. The first-order valence-corrected chi connectivity index (χ1v) is 11.3. The van der Waals surface area contributed by atoms with Crippen molar-refractivity contribution in [1.82, 2.24) is 4.72 Å². The number of ketones is 1. The highest BCUT2D eigenvalue weighted by Crippen LogP contribution is 2.21. The summed E-state index contributed by atoms with van der Waals surface area (Å²) in [5.74, 6) is -0.587. The molecule has 0 aliphatic heterocycles. The van der Waals surface area contributed by atoms with Gasteiger partial charge in [-0.2, -0.15) is 0 Å². The van der Waals surface area contributed by atoms with E-state index in [0.29, 0.717) is 22.4 Å². The third-order valence-corrected chi connectivity index (χ3v) is 6.38. The number of carbonyl (C=O) groups is 2. The third-order valence-electron chi connectivity index (χ3n) is 4.76. The monoisotopic (exact) mass is 436 g/mol. The van der Waals surface area contributed by atoms with Crippen molar-refractivity contribution in [1.29, 1.82) is 0 Å². The smallest absolute Gasteiger partial charge is 0.240 e. The van der Waals surface area contributed by atoms with E-state index < -0.39 is 10.0 Å². The van der Waals surface area contributed by atoms with E-state index in [9.17, 15) is 18.0 Å². The molecule has 3 rings (SSSR count). The molecule has 0 atom stereocenters. The van der Waals surface area contributed by atoms with Crippen molar-refractivity contribution in [2.45, 2.75) is 25.2 Å². The highest BCUT2D eigenvalue weighted by molar-refractivity contribution is 7.89. The second-order valence-electron chi connectivity index (χ2n) is 7.21. The van der Waals surface area contributed by atoms with Crippen molar-refractivity contribution >= 4 is 27.4 Å². The van der Waals surface area contributed by atoms with Gasteiger partial charge in [-0.25, -0.2) is 13.1 Å². The Kier molecular flexibility index (Phi) is 6.99. The first-order valence-electron chi connectivity index (χ1n) is 9.83. The fourth-order valence-corrected chi connectivity index (χ4v) is 4.43. The van der Waals surface area contributed by atoms with Crippen LogP contribution in [0.25, 0.3) is 0 Å². The second kappa shape index (κ2) is 9.68. The van der Waals surface area contributed by atoms with Gasteiger partial charge >= 0.3 is 0 Å². The van der Waals surface area contributed by atoms with Crippen LogP contribution in [0, 0.1) is 13.8 Å². The number of carbonyl (C=O) groups excluding carboxylic acids is 2. The lowest BCUT2D eigenvalue weighted by Gasteiger charge is -2.12. The number of hydrogen-bond acceptors (Lipinski definition) is 4. The summed E-state index contributed by atoms with van der Waals surface area (Å²) in [5, 5.41) is 2.74. The molecule has 7 heteroatoms. The number of hydrogen-bond donors (Lipinski definition) is 2. The van der Waals surface area contributed by atoms with Crippen LogP contribution in [-0.2, 0) is 14.8 Å². The van der Waals surface area contributed by atoms with Gasteiger partial charge in [0.05, 0.1) is 10.6 Å². The van der Waals surface area contributed by atoms with Crippen molar-refractivity contribution in [3.8, 4) is 0 Å². The van der Waals surface area contributed by atoms with Crippen LogP contribution >= 0.6 is 0 Å². The number of nitrogens with one attached hydrogen (secondary N) is 2. The highest BCUT2D eigenvalue weighted by atomic mass is 32.2. The van der Waals surface area contributed by atoms with Gasteiger partial charge in [0.25, 0.3) is 0 Å². The van der Waals surface area contributed by atoms with Gasteiger partial charge in [0.2, 0.25) is 15.9 Å². The molecule has 0 aromatic heterocycles. The van der Waals surface area contributed by atoms with E-state index in [2.05, 4.69) is 10.0 Å². The van der Waals surface area contributed by atoms with Gasteiger partial charge < -0.3 is 5.32 Å². The molecule has 1 amide bonds. The molecule has 0 bridgehead atoms. The Morgan fingerprint density at radius 1 is 0.871 bits per heavy atom. The molecule has 0 unspecified atom stereocenters. The Hall–Kier alpha value is -3.29. The molecule has 2 N–H and O–H groups in total. The first kappa shape index (κ1) is 22.4. The predicted molar refractivity (Wildman–Crippen MR) is 121 cm³/mol. The minimum absolute atomic E-state index is 0.0592. The molecule has 160 valence electrons. The van der Waals surface area contributed by atoms with Gasteiger partial charge in [0.15, 0.2) is 5.78 Å². The van der Waals surface area contributed by atoms with E-state index >= 15 is 0 Å². The molecular weight excluding hydrogens is 412 g/mol. The standard InChI is InChI=1S/C24H24N2O4S/c1-17-12-13-20(24(28)19-9-4-3-5-10-19)21(16-17)26-23(27)14-15-25-31(29,30)22-11-7-6-8-18(22)2/h3-13,16,25H,14-15H2,1-2H3,(H,26,27). The summed E-state index contributed by atoms with van der Waals surface area (Å²) in [7, 11) is -3.71. The molecule has 0 saturated heterocycles. The number of aryl methyl sites for hydroxylation is 2. The van der Waals surface area contributed by atoms with Crippen LogP contribution in [-0.4, -0.2) is 26.7 Å². The number of amides is 1. The van der Waals surface area contributed by atoms with E-state index in [0.717, 1.165) is 5.56 Å². The van der Waals surface area contributed by atoms with Gasteiger partial charge in [-0.1, -0.05) is 54.6 Å². The molecule has 0 aliphatic rings. The molecule has 3 aromatic carbocycles. The molecule has 31 heavy (non-hydrogen) atoms. The van der Waals surface area contributed by atoms with Crippen LogP contribution in [0.1, 0.15) is 33.5 Å². The van der Waals surface area contributed by atoms with Crippen LogP contribution in [0.3, 0.4) is 0 Å². The Balaban J connectivity index is 1.68. The van der Waals surface area contributed by atoms with Gasteiger partial charge in [-0.3, -0.25) is 9.59 Å². The Morgan fingerprint density at radius 2 is 1.55 bits per heavy atom. The molecule has 6 nitrogen and oxygen atoms in total. The third kappa shape index (κ3) is 5.65. The largest absolute Gasteiger partial charge is 0.325 e. The average Bonchev–Trinajstić information content (AvgIpc) is 2.74. The van der Waals surface area contributed by atoms with E-state index in [1.54, 1.807) is 61.5 Å². The molecule has 3 aromatic rings. The topological polar surface area (TPSA) is 92.3 Å². The van der Waals surface area contributed by atoms with Crippen LogP contribution in [0.5, 0.6) is 0 Å². The summed E-state index contributed by atoms with van der Waals surface area (Å²) in [6, 6.07) is 20.7. The fraction of sp³-hybridized carbons (Fsp3) is 0.167. The normalized spacial score (nSPS) is 11.2. The number of benzene rings is 3. The molecule has 0 saturated carbocycles. The van der Waals surface area contributed by atoms with Gasteiger partial charge in [-0.15, -0.1) is 0 Å². The maximum absolute atomic E-state index is 12.9. The predicted octanol–water partition coefficient (Wildman–Crippen LogP) is 3.84. The summed E-state index contributed by atoms with van der Waals surface area (Å²) in [6.07, 6.45) is -0.0714. The molecule has 0 spiro atoms. The van der Waals surface area contributed by atoms with Crippen molar-refractivity contribution in [2.75, 3.05) is 11.9 Å². The quantitative estimate of drug-likeness (QED) is 0.525. The zero-order chi connectivity index (χ0) is 22.4. The highest BCUT2D eigenvalue weighted by Gasteiger charge is 2.18. The first-order chi connectivity index (χ1) is 14.8. The Morgan fingerprint density at radius 3 is 2.26 bits per heavy atom. The zero-order valence-corrected chi connectivity index (χ0v) is 18.2. The summed E-state index contributed by atoms with van der Waals surface area (Å²) >= 11 is 0. The van der Waals surface area contributed by atoms with Crippen LogP contribution in [0.2, 0.25) is 0 Å². The number of sulfonamides is 1. The van der Waals surface area contributed by atoms with Crippen molar-refractivity contribution in [2.24, 2.45) is 0 Å². The lowest BCUT2D eigenvalue weighted by Crippen LogP contribution is -2.28. The molecule has 0 heterocycles. The zero-order valence-electron chi connectivity index (χ0n) is 17.4. The van der Waals surface area contributed by atoms with Crippen LogP contribution < -0.4 is 10.0 Å². The van der Waals surface area contributed by atoms with Gasteiger partial charge in [0.1, 0.15) is 0 Å². The van der Waals surface area contributed by atoms with Crippen LogP contribution in [0.4, 0.5) is 5.69 Å². The minimum Gasteiger partial charge on any atom is -0.325 e. The van der Waals surface area contributed by atoms with Crippen LogP contribution in [0.15, 0.2) is 77.7 Å². The molecule has 0 aliphatic carbocycles. The van der Waals surface area contributed by atoms with Crippen molar-refractivity contribution in [3.05, 3.63) is 95.1 Å². The fourth-order valence-electron chi connectivity index (χ4n) is 3.15. The van der Waals surface area contributed by atoms with E-state index in [1.165, 1.54) is 6.07 Å². The summed E-state index contributed by atoms with van der Waals surface area (Å²) < 4.78 is 27.4. The van der Waals surface area contributed by atoms with E-state index in [-0.39, 0.29) is 29.6 Å². The van der Waals surface area contributed by atoms with E-state index in [1.807, 2.05) is 19.1 Å². The van der Waals surface area contributed by atoms with Crippen molar-refractivity contribution in [3.63, 3.8) is 0 Å². The number of anilines is 1. The Labute approximate surface area is 182 Å². The molecule has 0 radical (unpaired) electrons. The van der Waals surface area contributed by atoms with Gasteiger partial charge in [0, 0.05) is 24.1 Å². The lowest BCUT2D eigenvalue weighted by atomic mass is 10.00. The van der Waals surface area contributed by atoms with E-state index in [4.69, 9.17) is 0 Å². The summed E-state index contributed by atoms with van der Waals surface area (Å²) in [5.41, 5.74) is 2.82. The maximum atomic E-state index is 12.9. The Bertz CT molecular complexity index is 1210. The van der Waals surface area contributed by atoms with Crippen molar-refractivity contribution < 1.29 is 18.0 Å².